The van der Waals surface area contributed by atoms with E-state index >= 15 is 0 Å². The van der Waals surface area contributed by atoms with Gasteiger partial charge in [-0.05, 0) is 36.5 Å². The lowest BCUT2D eigenvalue weighted by Crippen LogP contribution is -2.48. The van der Waals surface area contributed by atoms with Crippen LogP contribution in [-0.4, -0.2) is 29.7 Å². The fourth-order valence-corrected chi connectivity index (χ4v) is 2.53. The van der Waals surface area contributed by atoms with Gasteiger partial charge in [0.2, 0.25) is 0 Å². The Bertz CT molecular complexity index is 484. The van der Waals surface area contributed by atoms with E-state index in [-0.39, 0.29) is 25.0 Å². The van der Waals surface area contributed by atoms with Gasteiger partial charge in [0.05, 0.1) is 6.42 Å². The molecule has 6 heteroatoms. The molecule has 3 N–H and O–H groups in total. The maximum atomic E-state index is 11.5. The van der Waals surface area contributed by atoms with E-state index in [1.165, 1.54) is 5.56 Å². The Morgan fingerprint density at radius 1 is 1.25 bits per heavy atom. The first-order valence-corrected chi connectivity index (χ1v) is 7.35. The van der Waals surface area contributed by atoms with E-state index in [1.54, 1.807) is 0 Å². The summed E-state index contributed by atoms with van der Waals surface area (Å²) >= 11 is 3.41. The molecule has 1 saturated carbocycles. The quantitative estimate of drug-likeness (QED) is 0.770. The molecule has 0 bridgehead atoms. The van der Waals surface area contributed by atoms with Crippen LogP contribution >= 0.6 is 15.9 Å². The summed E-state index contributed by atoms with van der Waals surface area (Å²) in [6.07, 6.45) is 1.79. The van der Waals surface area contributed by atoms with E-state index in [2.05, 4.69) is 38.7 Å². The molecule has 108 valence electrons. The SMILES string of the molecule is O=C(O)CCNC(=O)NC1CC(c2ccc(Br)cc2)C1. The van der Waals surface area contributed by atoms with Crippen LogP contribution in [0.15, 0.2) is 28.7 Å². The van der Waals surface area contributed by atoms with Gasteiger partial charge in [-0.25, -0.2) is 4.79 Å². The van der Waals surface area contributed by atoms with Crippen molar-refractivity contribution in [2.75, 3.05) is 6.54 Å². The zero-order valence-corrected chi connectivity index (χ0v) is 12.5. The van der Waals surface area contributed by atoms with Gasteiger partial charge in [0, 0.05) is 17.1 Å². The molecule has 0 spiro atoms. The van der Waals surface area contributed by atoms with Crippen LogP contribution in [0.25, 0.3) is 0 Å². The van der Waals surface area contributed by atoms with Crippen molar-refractivity contribution in [3.63, 3.8) is 0 Å². The molecule has 0 saturated heterocycles. The summed E-state index contributed by atoms with van der Waals surface area (Å²) in [4.78, 5) is 21.8. The van der Waals surface area contributed by atoms with Gasteiger partial charge in [-0.1, -0.05) is 28.1 Å². The standard InChI is InChI=1S/C14H17BrN2O3/c15-11-3-1-9(2-4-11)10-7-12(8-10)17-14(20)16-6-5-13(18)19/h1-4,10,12H,5-8H2,(H,18,19)(H2,16,17,20). The number of carbonyl (C=O) groups is 2. The van der Waals surface area contributed by atoms with Crippen LogP contribution in [0.4, 0.5) is 4.79 Å². The second kappa shape index (κ2) is 6.74. The van der Waals surface area contributed by atoms with Gasteiger partial charge in [-0.3, -0.25) is 4.79 Å². The van der Waals surface area contributed by atoms with Crippen LogP contribution in [0, 0.1) is 0 Å². The Labute approximate surface area is 125 Å². The van der Waals surface area contributed by atoms with E-state index in [9.17, 15) is 9.59 Å². The average molecular weight is 341 g/mol. The molecule has 1 aromatic rings. The molecule has 0 aromatic heterocycles. The van der Waals surface area contributed by atoms with Crippen molar-refractivity contribution in [2.24, 2.45) is 0 Å². The molecule has 0 heterocycles. The molecule has 0 atom stereocenters. The zero-order valence-electron chi connectivity index (χ0n) is 10.9. The van der Waals surface area contributed by atoms with E-state index in [4.69, 9.17) is 5.11 Å². The molecule has 0 unspecified atom stereocenters. The first-order chi connectivity index (χ1) is 9.54. The smallest absolute Gasteiger partial charge is 0.315 e. The Morgan fingerprint density at radius 3 is 2.50 bits per heavy atom. The summed E-state index contributed by atoms with van der Waals surface area (Å²) in [7, 11) is 0. The van der Waals surface area contributed by atoms with Crippen molar-refractivity contribution in [3.8, 4) is 0 Å². The number of halogens is 1. The monoisotopic (exact) mass is 340 g/mol. The fraction of sp³-hybridized carbons (Fsp3) is 0.429. The molecule has 2 amide bonds. The number of urea groups is 1. The summed E-state index contributed by atoms with van der Waals surface area (Å²) in [6.45, 7) is 0.157. The Balaban J connectivity index is 1.67. The highest BCUT2D eigenvalue weighted by Gasteiger charge is 2.31. The molecule has 0 aliphatic heterocycles. The summed E-state index contributed by atoms with van der Waals surface area (Å²) in [6, 6.07) is 8.12. The van der Waals surface area contributed by atoms with Crippen molar-refractivity contribution in [1.29, 1.82) is 0 Å². The minimum Gasteiger partial charge on any atom is -0.481 e. The van der Waals surface area contributed by atoms with E-state index in [0.717, 1.165) is 17.3 Å². The minimum atomic E-state index is -0.913. The Hall–Kier alpha value is -1.56. The van der Waals surface area contributed by atoms with Gasteiger partial charge in [-0.2, -0.15) is 0 Å². The highest BCUT2D eigenvalue weighted by Crippen LogP contribution is 2.37. The summed E-state index contributed by atoms with van der Waals surface area (Å²) in [5, 5.41) is 13.9. The third-order valence-electron chi connectivity index (χ3n) is 3.44. The maximum Gasteiger partial charge on any atom is 0.315 e. The van der Waals surface area contributed by atoms with Crippen molar-refractivity contribution >= 4 is 27.9 Å². The van der Waals surface area contributed by atoms with Gasteiger partial charge in [0.15, 0.2) is 0 Å². The average Bonchev–Trinajstić information content (AvgIpc) is 2.34. The van der Waals surface area contributed by atoms with Crippen LogP contribution in [0.5, 0.6) is 0 Å². The predicted octanol–water partition coefficient (Wildman–Crippen LogP) is 2.47. The van der Waals surface area contributed by atoms with Crippen molar-refractivity contribution in [1.82, 2.24) is 10.6 Å². The van der Waals surface area contributed by atoms with Crippen LogP contribution in [-0.2, 0) is 4.79 Å². The second-order valence-corrected chi connectivity index (χ2v) is 5.88. The number of hydrogen-bond acceptors (Lipinski definition) is 2. The largest absolute Gasteiger partial charge is 0.481 e. The fourth-order valence-electron chi connectivity index (χ4n) is 2.26. The first-order valence-electron chi connectivity index (χ1n) is 6.56. The highest BCUT2D eigenvalue weighted by atomic mass is 79.9. The molecule has 0 radical (unpaired) electrons. The number of nitrogens with one attached hydrogen (secondary N) is 2. The van der Waals surface area contributed by atoms with Gasteiger partial charge < -0.3 is 15.7 Å². The van der Waals surface area contributed by atoms with E-state index in [0.29, 0.717) is 5.92 Å². The first kappa shape index (κ1) is 14.8. The van der Waals surface area contributed by atoms with Crippen molar-refractivity contribution < 1.29 is 14.7 Å². The molecule has 20 heavy (non-hydrogen) atoms. The summed E-state index contributed by atoms with van der Waals surface area (Å²) < 4.78 is 1.06. The Kier molecular flexibility index (Phi) is 5.00. The van der Waals surface area contributed by atoms with Crippen LogP contribution in [0.1, 0.15) is 30.7 Å². The molecule has 1 aliphatic rings. The molecule has 1 aliphatic carbocycles. The number of carbonyl (C=O) groups excluding carboxylic acids is 1. The number of carboxylic acid groups (broad SMARTS) is 1. The van der Waals surface area contributed by atoms with E-state index < -0.39 is 5.97 Å². The van der Waals surface area contributed by atoms with E-state index in [1.807, 2.05) is 12.1 Å². The number of hydrogen-bond donors (Lipinski definition) is 3. The molecule has 1 aromatic carbocycles. The maximum absolute atomic E-state index is 11.5. The van der Waals surface area contributed by atoms with Crippen LogP contribution in [0.2, 0.25) is 0 Å². The summed E-state index contributed by atoms with van der Waals surface area (Å²) in [5.41, 5.74) is 1.29. The van der Waals surface area contributed by atoms with Gasteiger partial charge >= 0.3 is 12.0 Å². The predicted molar refractivity (Wildman–Crippen MR) is 78.7 cm³/mol. The van der Waals surface area contributed by atoms with Crippen LogP contribution in [0.3, 0.4) is 0 Å². The van der Waals surface area contributed by atoms with Gasteiger partial charge in [-0.15, -0.1) is 0 Å². The van der Waals surface area contributed by atoms with Crippen molar-refractivity contribution in [3.05, 3.63) is 34.3 Å². The molecule has 2 rings (SSSR count). The number of amides is 2. The molecular formula is C14H17BrN2O3. The summed E-state index contributed by atoms with van der Waals surface area (Å²) in [5.74, 6) is -0.420. The van der Waals surface area contributed by atoms with Gasteiger partial charge in [0.1, 0.15) is 0 Å². The van der Waals surface area contributed by atoms with Gasteiger partial charge in [0.25, 0.3) is 0 Å². The lowest BCUT2D eigenvalue weighted by Gasteiger charge is -2.36. The third-order valence-corrected chi connectivity index (χ3v) is 3.97. The molecular weight excluding hydrogens is 324 g/mol. The normalized spacial score (nSPS) is 20.9. The molecule has 5 nitrogen and oxygen atoms in total. The number of benzene rings is 1. The molecule has 1 fully saturated rings. The topological polar surface area (TPSA) is 78.4 Å². The highest BCUT2D eigenvalue weighted by molar-refractivity contribution is 9.10. The number of aliphatic carboxylic acids is 1. The lowest BCUT2D eigenvalue weighted by molar-refractivity contribution is -0.136. The number of carboxylic acids is 1. The third kappa shape index (κ3) is 4.23. The Morgan fingerprint density at radius 2 is 1.90 bits per heavy atom. The second-order valence-electron chi connectivity index (χ2n) is 4.96. The lowest BCUT2D eigenvalue weighted by atomic mass is 9.76. The van der Waals surface area contributed by atoms with Crippen molar-refractivity contribution in [2.45, 2.75) is 31.2 Å². The minimum absolute atomic E-state index is 0.0559. The number of rotatable bonds is 5. The van der Waals surface area contributed by atoms with Crippen LogP contribution < -0.4 is 10.6 Å². The zero-order chi connectivity index (χ0) is 14.5.